The zero-order valence-corrected chi connectivity index (χ0v) is 29.8. The normalized spacial score (nSPS) is 36.4. The maximum atomic E-state index is 16.1. The first-order valence-electron chi connectivity index (χ1n) is 19.3. The zero-order chi connectivity index (χ0) is 34.0. The number of carbonyl (C=O) groups is 1. The molecule has 4 saturated carbocycles. The molecular weight excluding hydrogens is 608 g/mol. The van der Waals surface area contributed by atoms with Crippen LogP contribution in [0, 0.1) is 57.7 Å². The summed E-state index contributed by atoms with van der Waals surface area (Å²) in [6.45, 7) is 12.2. The summed E-state index contributed by atoms with van der Waals surface area (Å²) in [5.41, 5.74) is 0.619. The van der Waals surface area contributed by atoms with Crippen LogP contribution in [0.1, 0.15) is 95.8 Å². The molecule has 5 aliphatic carbocycles. The van der Waals surface area contributed by atoms with Crippen molar-refractivity contribution in [3.05, 3.63) is 96.1 Å². The van der Waals surface area contributed by atoms with E-state index in [0.717, 1.165) is 48.8 Å². The molecule has 5 nitrogen and oxygen atoms in total. The second-order valence-corrected chi connectivity index (χ2v) is 16.9. The summed E-state index contributed by atoms with van der Waals surface area (Å²) in [6, 6.07) is 20.3. The molecule has 5 unspecified atom stereocenters. The fourth-order valence-corrected chi connectivity index (χ4v) is 12.5. The monoisotopic (exact) mass is 664 g/mol. The number of hydrogen-bond acceptors (Lipinski definition) is 5. The molecule has 0 aromatic heterocycles. The molecule has 5 fully saturated rings. The van der Waals surface area contributed by atoms with E-state index in [2.05, 4.69) is 63.8 Å². The van der Waals surface area contributed by atoms with Crippen LogP contribution in [0.25, 0.3) is 0 Å². The molecule has 0 amide bonds. The van der Waals surface area contributed by atoms with E-state index >= 15 is 4.79 Å². The summed E-state index contributed by atoms with van der Waals surface area (Å²) < 4.78 is 20.3. The minimum Gasteiger partial charge on any atom is -0.452 e. The molecule has 6 aliphatic rings. The van der Waals surface area contributed by atoms with Crippen LogP contribution >= 0.6 is 0 Å². The third-order valence-electron chi connectivity index (χ3n) is 14.6. The van der Waals surface area contributed by atoms with Crippen LogP contribution in [0.2, 0.25) is 0 Å². The lowest BCUT2D eigenvalue weighted by Gasteiger charge is -2.63. The van der Waals surface area contributed by atoms with Crippen molar-refractivity contribution in [1.29, 1.82) is 0 Å². The number of allylic oxidation sites excluding steroid dienone is 2. The van der Waals surface area contributed by atoms with E-state index in [4.69, 9.17) is 14.2 Å². The van der Waals surface area contributed by atoms with Crippen LogP contribution in [0.15, 0.2) is 85.0 Å². The number of ether oxygens (including phenoxy) is 3. The molecule has 1 N–H and O–H groups in total. The maximum Gasteiger partial charge on any atom is 0.318 e. The number of rotatable bonds is 12. The highest BCUT2D eigenvalue weighted by Gasteiger charge is 2.88. The van der Waals surface area contributed by atoms with Gasteiger partial charge in [0.1, 0.15) is 5.41 Å². The van der Waals surface area contributed by atoms with E-state index in [1.54, 1.807) is 0 Å². The highest BCUT2D eigenvalue weighted by atomic mass is 16.7. The smallest absolute Gasteiger partial charge is 0.318 e. The molecule has 4 bridgehead atoms. The second kappa shape index (κ2) is 12.8. The first-order chi connectivity index (χ1) is 23.8. The van der Waals surface area contributed by atoms with Gasteiger partial charge in [-0.2, -0.15) is 0 Å². The van der Waals surface area contributed by atoms with E-state index in [0.29, 0.717) is 37.4 Å². The molecule has 5 heteroatoms. The van der Waals surface area contributed by atoms with Gasteiger partial charge in [0.05, 0.1) is 19.3 Å². The summed E-state index contributed by atoms with van der Waals surface area (Å²) in [5, 5.41) is 13.1. The molecule has 49 heavy (non-hydrogen) atoms. The number of fused-ring (bicyclic) bond motifs is 2. The van der Waals surface area contributed by atoms with Crippen molar-refractivity contribution in [2.45, 2.75) is 97.1 Å². The number of benzene rings is 2. The fourth-order valence-electron chi connectivity index (χ4n) is 12.5. The van der Waals surface area contributed by atoms with Crippen molar-refractivity contribution in [2.24, 2.45) is 57.7 Å². The molecule has 1 aliphatic heterocycles. The molecule has 2 aromatic rings. The highest BCUT2D eigenvalue weighted by Crippen LogP contribution is 2.85. The van der Waals surface area contributed by atoms with Crippen LogP contribution in [-0.4, -0.2) is 36.7 Å². The largest absolute Gasteiger partial charge is 0.452 e. The van der Waals surface area contributed by atoms with Crippen LogP contribution in [0.5, 0.6) is 0 Å². The van der Waals surface area contributed by atoms with Gasteiger partial charge in [-0.1, -0.05) is 125 Å². The van der Waals surface area contributed by atoms with Gasteiger partial charge in [-0.25, -0.2) is 0 Å². The molecule has 262 valence electrons. The van der Waals surface area contributed by atoms with Gasteiger partial charge in [-0.05, 0) is 84.7 Å². The SMILES string of the molecule is C=C[C@@H](CC1CCC1)CC(O)C12C[C@@H]3[C@H](C)CC[C@H]3C3(C4OCCO4)CC1C=C(C(C)C)C23C(=O)OC(c1ccccc1)c1ccccc1. The topological polar surface area (TPSA) is 65.0 Å². The predicted octanol–water partition coefficient (Wildman–Crippen LogP) is 9.08. The fraction of sp³-hybridized carbons (Fsp3) is 0.614. The molecule has 0 spiro atoms. The van der Waals surface area contributed by atoms with Crippen molar-refractivity contribution < 1.29 is 24.1 Å². The number of hydrogen-bond donors (Lipinski definition) is 1. The molecule has 1 saturated heterocycles. The summed E-state index contributed by atoms with van der Waals surface area (Å²) in [7, 11) is 0. The van der Waals surface area contributed by atoms with Gasteiger partial charge in [0.25, 0.3) is 0 Å². The van der Waals surface area contributed by atoms with E-state index in [9.17, 15) is 5.11 Å². The van der Waals surface area contributed by atoms with Gasteiger partial charge in [-0.15, -0.1) is 6.58 Å². The predicted molar refractivity (Wildman–Crippen MR) is 191 cm³/mol. The van der Waals surface area contributed by atoms with Gasteiger partial charge in [0, 0.05) is 10.8 Å². The van der Waals surface area contributed by atoms with Gasteiger partial charge < -0.3 is 19.3 Å². The highest BCUT2D eigenvalue weighted by molar-refractivity contribution is 5.87. The summed E-state index contributed by atoms with van der Waals surface area (Å²) >= 11 is 0. The molecule has 8 rings (SSSR count). The zero-order valence-electron chi connectivity index (χ0n) is 29.8. The molecular formula is C44H56O5. The van der Waals surface area contributed by atoms with Crippen molar-refractivity contribution >= 4 is 5.97 Å². The quantitative estimate of drug-likeness (QED) is 0.181. The number of aliphatic hydroxyl groups is 1. The van der Waals surface area contributed by atoms with Gasteiger partial charge >= 0.3 is 5.97 Å². The van der Waals surface area contributed by atoms with Crippen molar-refractivity contribution in [1.82, 2.24) is 0 Å². The Morgan fingerprint density at radius 1 is 0.980 bits per heavy atom. The van der Waals surface area contributed by atoms with Gasteiger partial charge in [-0.3, -0.25) is 4.79 Å². The van der Waals surface area contributed by atoms with E-state index < -0.39 is 34.7 Å². The Balaban J connectivity index is 1.32. The van der Waals surface area contributed by atoms with Crippen LogP contribution in [0.3, 0.4) is 0 Å². The number of carbonyl (C=O) groups excluding carboxylic acids is 1. The number of aliphatic hydroxyl groups excluding tert-OH is 1. The van der Waals surface area contributed by atoms with Crippen molar-refractivity contribution in [3.8, 4) is 0 Å². The van der Waals surface area contributed by atoms with Gasteiger partial charge in [0.2, 0.25) is 0 Å². The molecule has 0 radical (unpaired) electrons. The molecule has 9 atom stereocenters. The second-order valence-electron chi connectivity index (χ2n) is 16.9. The Hall–Kier alpha value is -2.73. The Labute approximate surface area is 293 Å². The van der Waals surface area contributed by atoms with Crippen molar-refractivity contribution in [3.63, 3.8) is 0 Å². The molecule has 2 aromatic carbocycles. The van der Waals surface area contributed by atoms with E-state index in [1.807, 2.05) is 36.4 Å². The van der Waals surface area contributed by atoms with Crippen LogP contribution in [-0.2, 0) is 19.0 Å². The summed E-state index contributed by atoms with van der Waals surface area (Å²) in [5.74, 6) is 2.01. The standard InChI is InChI=1S/C44H56O5/c1-5-30(23-31-13-12-14-31)24-38(45)42-27-35-29(4)19-20-36(35)43(41-47-21-22-48-41)26-34(42)25-37(28(2)3)44(42,43)40(46)49-39(32-15-8-6-9-16-32)33-17-10-7-11-18-33/h5-11,15-18,25,28-31,34-36,38-39,41,45H,1,12-14,19-24,26-27H2,2-4H3/t29-,30+,34?,35-,36-,38?,42?,43?,44?/m1/s1. The van der Waals surface area contributed by atoms with Crippen LogP contribution < -0.4 is 0 Å². The maximum absolute atomic E-state index is 16.1. The van der Waals surface area contributed by atoms with Gasteiger partial charge in [0.15, 0.2) is 12.4 Å². The van der Waals surface area contributed by atoms with Crippen LogP contribution in [0.4, 0.5) is 0 Å². The Kier molecular flexibility index (Phi) is 8.73. The minimum atomic E-state index is -1.08. The third kappa shape index (κ3) is 4.77. The summed E-state index contributed by atoms with van der Waals surface area (Å²) in [6.07, 6.45) is 12.0. The minimum absolute atomic E-state index is 0.0409. The lowest BCUT2D eigenvalue weighted by molar-refractivity contribution is -0.255. The lowest BCUT2D eigenvalue weighted by Crippen LogP contribution is -2.68. The van der Waals surface area contributed by atoms with E-state index in [1.165, 1.54) is 19.3 Å². The molecule has 1 heterocycles. The van der Waals surface area contributed by atoms with Crippen molar-refractivity contribution in [2.75, 3.05) is 13.2 Å². The Morgan fingerprint density at radius 3 is 2.20 bits per heavy atom. The average molecular weight is 665 g/mol. The average Bonchev–Trinajstić information content (AvgIpc) is 3.87. The Bertz CT molecular complexity index is 1500. The number of esters is 1. The third-order valence-corrected chi connectivity index (χ3v) is 14.6. The van der Waals surface area contributed by atoms with E-state index in [-0.39, 0.29) is 29.6 Å². The lowest BCUT2D eigenvalue weighted by atomic mass is 9.40. The Morgan fingerprint density at radius 2 is 1.63 bits per heavy atom. The first kappa shape index (κ1) is 33.4. The first-order valence-corrected chi connectivity index (χ1v) is 19.3. The summed E-state index contributed by atoms with van der Waals surface area (Å²) in [4.78, 5) is 16.1.